The van der Waals surface area contributed by atoms with Gasteiger partial charge in [-0.2, -0.15) is 0 Å². The number of rotatable bonds is 9. The molecule has 4 heteroatoms. The molecule has 1 nitrogen and oxygen atoms in total. The highest BCUT2D eigenvalue weighted by Gasteiger charge is 2.28. The predicted octanol–water partition coefficient (Wildman–Crippen LogP) is 5.31. The SMILES string of the molecule is CC[Si](CC)(CCCCCc1ccc(F)c(F)c1)OC. The van der Waals surface area contributed by atoms with Crippen LogP contribution >= 0.6 is 0 Å². The lowest BCUT2D eigenvalue weighted by molar-refractivity contribution is 0.389. The third-order valence-electron chi connectivity index (χ3n) is 4.30. The van der Waals surface area contributed by atoms with Crippen molar-refractivity contribution in [1.29, 1.82) is 0 Å². The van der Waals surface area contributed by atoms with Gasteiger partial charge in [0.1, 0.15) is 0 Å². The molecule has 0 bridgehead atoms. The molecule has 0 aliphatic rings. The molecule has 0 aliphatic heterocycles. The zero-order valence-corrected chi connectivity index (χ0v) is 13.8. The maximum Gasteiger partial charge on any atom is 0.191 e. The Morgan fingerprint density at radius 1 is 1.00 bits per heavy atom. The average Bonchev–Trinajstić information content (AvgIpc) is 2.47. The lowest BCUT2D eigenvalue weighted by Gasteiger charge is -2.27. The lowest BCUT2D eigenvalue weighted by atomic mass is 10.1. The van der Waals surface area contributed by atoms with Crippen molar-refractivity contribution in [3.8, 4) is 0 Å². The number of benzene rings is 1. The minimum atomic E-state index is -1.47. The highest BCUT2D eigenvalue weighted by molar-refractivity contribution is 6.73. The molecule has 0 unspecified atom stereocenters. The maximum atomic E-state index is 13.1. The fourth-order valence-corrected chi connectivity index (χ4v) is 5.53. The van der Waals surface area contributed by atoms with Crippen molar-refractivity contribution in [2.75, 3.05) is 7.11 Å². The van der Waals surface area contributed by atoms with Gasteiger partial charge in [-0.05, 0) is 48.7 Å². The van der Waals surface area contributed by atoms with Crippen LogP contribution in [0.15, 0.2) is 18.2 Å². The first-order valence-corrected chi connectivity index (χ1v) is 10.1. The Morgan fingerprint density at radius 2 is 1.70 bits per heavy atom. The minimum Gasteiger partial charge on any atom is -0.420 e. The largest absolute Gasteiger partial charge is 0.420 e. The maximum absolute atomic E-state index is 13.1. The molecule has 0 N–H and O–H groups in total. The highest BCUT2D eigenvalue weighted by Crippen LogP contribution is 2.24. The number of unbranched alkanes of at least 4 members (excludes halogenated alkanes) is 2. The quantitative estimate of drug-likeness (QED) is 0.443. The number of halogens is 2. The van der Waals surface area contributed by atoms with Crippen molar-refractivity contribution >= 4 is 8.32 Å². The molecule has 0 spiro atoms. The first-order valence-electron chi connectivity index (χ1n) is 7.56. The number of hydrogen-bond donors (Lipinski definition) is 0. The summed E-state index contributed by atoms with van der Waals surface area (Å²) in [5.74, 6) is -1.51. The summed E-state index contributed by atoms with van der Waals surface area (Å²) in [6.07, 6.45) is 4.13. The van der Waals surface area contributed by atoms with Gasteiger partial charge in [-0.25, -0.2) is 8.78 Å². The van der Waals surface area contributed by atoms with Crippen LogP contribution < -0.4 is 0 Å². The van der Waals surface area contributed by atoms with Crippen molar-refractivity contribution in [2.45, 2.75) is 57.7 Å². The van der Waals surface area contributed by atoms with Gasteiger partial charge in [0.25, 0.3) is 0 Å². The monoisotopic (exact) mass is 300 g/mol. The summed E-state index contributed by atoms with van der Waals surface area (Å²) in [6.45, 7) is 4.45. The molecule has 114 valence electrons. The van der Waals surface area contributed by atoms with E-state index in [2.05, 4.69) is 13.8 Å². The van der Waals surface area contributed by atoms with Gasteiger partial charge < -0.3 is 4.43 Å². The molecule has 0 saturated heterocycles. The topological polar surface area (TPSA) is 9.23 Å². The Balaban J connectivity index is 2.29. The van der Waals surface area contributed by atoms with Gasteiger partial charge in [-0.3, -0.25) is 0 Å². The van der Waals surface area contributed by atoms with Gasteiger partial charge in [-0.1, -0.05) is 32.8 Å². The average molecular weight is 300 g/mol. The molecule has 1 aromatic rings. The highest BCUT2D eigenvalue weighted by atomic mass is 28.4. The van der Waals surface area contributed by atoms with E-state index >= 15 is 0 Å². The molecule has 20 heavy (non-hydrogen) atoms. The molecule has 0 saturated carbocycles. The number of hydrogen-bond acceptors (Lipinski definition) is 1. The zero-order valence-electron chi connectivity index (χ0n) is 12.8. The van der Waals surface area contributed by atoms with Crippen LogP contribution in [-0.4, -0.2) is 15.4 Å². The predicted molar refractivity (Wildman–Crippen MR) is 82.4 cm³/mol. The number of aryl methyl sites for hydroxylation is 1. The third-order valence-corrected chi connectivity index (χ3v) is 9.01. The Morgan fingerprint density at radius 3 is 2.25 bits per heavy atom. The van der Waals surface area contributed by atoms with Crippen molar-refractivity contribution in [1.82, 2.24) is 0 Å². The minimum absolute atomic E-state index is 0.745. The van der Waals surface area contributed by atoms with Gasteiger partial charge >= 0.3 is 0 Å². The molecule has 0 aromatic heterocycles. The van der Waals surface area contributed by atoms with Crippen LogP contribution in [0, 0.1) is 11.6 Å². The van der Waals surface area contributed by atoms with Crippen LogP contribution in [0.4, 0.5) is 8.78 Å². The van der Waals surface area contributed by atoms with Crippen LogP contribution in [0.25, 0.3) is 0 Å². The summed E-state index contributed by atoms with van der Waals surface area (Å²) >= 11 is 0. The molecule has 0 amide bonds. The fraction of sp³-hybridized carbons (Fsp3) is 0.625. The molecule has 0 fully saturated rings. The van der Waals surface area contributed by atoms with Crippen LogP contribution in [0.1, 0.15) is 38.7 Å². The molecule has 1 aromatic carbocycles. The summed E-state index contributed by atoms with van der Waals surface area (Å²) in [6, 6.07) is 7.73. The summed E-state index contributed by atoms with van der Waals surface area (Å²) < 4.78 is 31.6. The smallest absolute Gasteiger partial charge is 0.191 e. The Hall–Kier alpha value is -0.743. The summed E-state index contributed by atoms with van der Waals surface area (Å²) in [5, 5.41) is 0. The van der Waals surface area contributed by atoms with Gasteiger partial charge in [0, 0.05) is 7.11 Å². The molecule has 0 aliphatic carbocycles. The van der Waals surface area contributed by atoms with Gasteiger partial charge in [0.2, 0.25) is 0 Å². The summed E-state index contributed by atoms with van der Waals surface area (Å²) in [4.78, 5) is 0. The normalized spacial score (nSPS) is 11.8. The van der Waals surface area contributed by atoms with Crippen LogP contribution in [0.5, 0.6) is 0 Å². The second kappa shape index (κ2) is 8.52. The fourth-order valence-electron chi connectivity index (χ4n) is 2.64. The molecule has 0 radical (unpaired) electrons. The van der Waals surface area contributed by atoms with Crippen LogP contribution in [0.2, 0.25) is 18.1 Å². The van der Waals surface area contributed by atoms with Crippen molar-refractivity contribution in [3.05, 3.63) is 35.4 Å². The first kappa shape index (κ1) is 17.3. The van der Waals surface area contributed by atoms with E-state index in [1.807, 2.05) is 7.11 Å². The van der Waals surface area contributed by atoms with E-state index in [0.29, 0.717) is 0 Å². The second-order valence-electron chi connectivity index (χ2n) is 5.40. The molecular formula is C16H26F2OSi. The van der Waals surface area contributed by atoms with Crippen molar-refractivity contribution in [2.24, 2.45) is 0 Å². The van der Waals surface area contributed by atoms with E-state index in [9.17, 15) is 8.78 Å². The van der Waals surface area contributed by atoms with E-state index in [-0.39, 0.29) is 0 Å². The van der Waals surface area contributed by atoms with Gasteiger partial charge in [0.15, 0.2) is 20.0 Å². The van der Waals surface area contributed by atoms with E-state index in [0.717, 1.165) is 24.8 Å². The lowest BCUT2D eigenvalue weighted by Crippen LogP contribution is -2.34. The van der Waals surface area contributed by atoms with E-state index in [4.69, 9.17) is 4.43 Å². The molecule has 1 rings (SSSR count). The van der Waals surface area contributed by atoms with E-state index in [1.165, 1.54) is 36.7 Å². The van der Waals surface area contributed by atoms with Crippen molar-refractivity contribution in [3.63, 3.8) is 0 Å². The Labute approximate surface area is 122 Å². The molecule has 0 heterocycles. The Bertz CT molecular complexity index is 397. The van der Waals surface area contributed by atoms with E-state index in [1.54, 1.807) is 6.07 Å². The zero-order chi connectivity index (χ0) is 15.0. The van der Waals surface area contributed by atoms with Crippen molar-refractivity contribution < 1.29 is 13.2 Å². The third kappa shape index (κ3) is 4.98. The standard InChI is InChI=1S/C16H26F2OSi/c1-4-20(5-2,19-3)12-8-6-7-9-14-10-11-15(17)16(18)13-14/h10-11,13H,4-9,12H2,1-3H3. The van der Waals surface area contributed by atoms with E-state index < -0.39 is 20.0 Å². The Kier molecular flexibility index (Phi) is 7.38. The van der Waals surface area contributed by atoms with Crippen LogP contribution in [0.3, 0.4) is 0 Å². The summed E-state index contributed by atoms with van der Waals surface area (Å²) in [5.41, 5.74) is 0.880. The second-order valence-corrected chi connectivity index (χ2v) is 10.1. The summed E-state index contributed by atoms with van der Waals surface area (Å²) in [7, 11) is 0.375. The molecule has 0 atom stereocenters. The van der Waals surface area contributed by atoms with Crippen LogP contribution in [-0.2, 0) is 10.8 Å². The first-order chi connectivity index (χ1) is 9.56. The van der Waals surface area contributed by atoms with Gasteiger partial charge in [0.05, 0.1) is 0 Å². The molecular weight excluding hydrogens is 274 g/mol. The van der Waals surface area contributed by atoms with Gasteiger partial charge in [-0.15, -0.1) is 0 Å².